The van der Waals surface area contributed by atoms with Crippen LogP contribution in [0.3, 0.4) is 0 Å². The van der Waals surface area contributed by atoms with E-state index in [2.05, 4.69) is 5.32 Å². The molecular weight excluding hydrogens is 284 g/mol. The molecular formula is C13H21ClN2O2S. The zero-order chi connectivity index (χ0) is 14.6. The Hall–Kier alpha value is -0.620. The summed E-state index contributed by atoms with van der Waals surface area (Å²) >= 11 is 6.05. The number of benzene rings is 1. The van der Waals surface area contributed by atoms with Gasteiger partial charge in [0.25, 0.3) is 0 Å². The topological polar surface area (TPSA) is 49.4 Å². The fourth-order valence-corrected chi connectivity index (χ4v) is 3.87. The fraction of sp³-hybridized carbons (Fsp3) is 0.538. The van der Waals surface area contributed by atoms with Crippen molar-refractivity contribution >= 4 is 21.6 Å². The lowest BCUT2D eigenvalue weighted by atomic mass is 10.2. The largest absolute Gasteiger partial charge is 0.316 e. The van der Waals surface area contributed by atoms with Crippen LogP contribution in [0.1, 0.15) is 26.3 Å². The summed E-state index contributed by atoms with van der Waals surface area (Å²) in [5, 5.41) is 3.55. The Morgan fingerprint density at radius 3 is 2.47 bits per heavy atom. The molecule has 0 spiro atoms. The van der Waals surface area contributed by atoms with Gasteiger partial charge in [0.15, 0.2) is 0 Å². The number of rotatable bonds is 6. The molecule has 0 unspecified atom stereocenters. The molecule has 6 heteroatoms. The van der Waals surface area contributed by atoms with Gasteiger partial charge >= 0.3 is 0 Å². The first-order valence-electron chi connectivity index (χ1n) is 6.29. The second kappa shape index (κ2) is 6.70. The molecule has 0 aliphatic heterocycles. The van der Waals surface area contributed by atoms with E-state index in [1.54, 1.807) is 25.2 Å². The van der Waals surface area contributed by atoms with E-state index in [9.17, 15) is 8.42 Å². The zero-order valence-electron chi connectivity index (χ0n) is 11.8. The van der Waals surface area contributed by atoms with Crippen LogP contribution in [0, 0.1) is 0 Å². The van der Waals surface area contributed by atoms with Gasteiger partial charge < -0.3 is 5.32 Å². The van der Waals surface area contributed by atoms with Gasteiger partial charge in [-0.2, -0.15) is 4.31 Å². The summed E-state index contributed by atoms with van der Waals surface area (Å²) in [5.74, 6) is 0. The average Bonchev–Trinajstić information content (AvgIpc) is 2.32. The van der Waals surface area contributed by atoms with Crippen LogP contribution < -0.4 is 5.32 Å². The van der Waals surface area contributed by atoms with Crippen LogP contribution in [0.15, 0.2) is 23.1 Å². The van der Waals surface area contributed by atoms with Crippen molar-refractivity contribution in [2.45, 2.75) is 38.3 Å². The first-order valence-corrected chi connectivity index (χ1v) is 8.11. The maximum Gasteiger partial charge on any atom is 0.243 e. The lowest BCUT2D eigenvalue weighted by Crippen LogP contribution is -2.36. The third-order valence-electron chi connectivity index (χ3n) is 2.88. The molecule has 0 saturated carbocycles. The fourth-order valence-electron chi connectivity index (χ4n) is 1.99. The second-order valence-corrected chi connectivity index (χ2v) is 6.88. The molecule has 0 heterocycles. The molecule has 0 aromatic heterocycles. The zero-order valence-corrected chi connectivity index (χ0v) is 13.3. The maximum atomic E-state index is 12.5. The molecule has 1 rings (SSSR count). The Balaban J connectivity index is 3.25. The standard InChI is InChI=1S/C13H21ClN2O2S/c1-5-16(10(2)3)19(17,18)12-6-7-13(14)11(8-12)9-15-4/h6-8,10,15H,5,9H2,1-4H3. The summed E-state index contributed by atoms with van der Waals surface area (Å²) in [5.41, 5.74) is 0.782. The molecule has 0 saturated heterocycles. The van der Waals surface area contributed by atoms with Crippen molar-refractivity contribution in [1.82, 2.24) is 9.62 Å². The molecule has 108 valence electrons. The third-order valence-corrected chi connectivity index (χ3v) is 5.39. The van der Waals surface area contributed by atoms with E-state index in [1.165, 1.54) is 4.31 Å². The predicted octanol–water partition coefficient (Wildman–Crippen LogP) is 2.48. The van der Waals surface area contributed by atoms with Crippen molar-refractivity contribution in [2.24, 2.45) is 0 Å². The van der Waals surface area contributed by atoms with E-state index in [4.69, 9.17) is 11.6 Å². The van der Waals surface area contributed by atoms with Gasteiger partial charge in [-0.15, -0.1) is 0 Å². The Bertz CT molecular complexity index is 529. The minimum Gasteiger partial charge on any atom is -0.316 e. The smallest absolute Gasteiger partial charge is 0.243 e. The van der Waals surface area contributed by atoms with Gasteiger partial charge in [-0.05, 0) is 44.7 Å². The summed E-state index contributed by atoms with van der Waals surface area (Å²) < 4.78 is 26.5. The van der Waals surface area contributed by atoms with E-state index < -0.39 is 10.0 Å². The molecule has 0 fully saturated rings. The molecule has 0 bridgehead atoms. The summed E-state index contributed by atoms with van der Waals surface area (Å²) in [4.78, 5) is 0.290. The Morgan fingerprint density at radius 2 is 2.00 bits per heavy atom. The van der Waals surface area contributed by atoms with Gasteiger partial charge in [-0.25, -0.2) is 8.42 Å². The predicted molar refractivity (Wildman–Crippen MR) is 78.9 cm³/mol. The number of hydrogen-bond acceptors (Lipinski definition) is 3. The molecule has 0 radical (unpaired) electrons. The number of nitrogens with one attached hydrogen (secondary N) is 1. The van der Waals surface area contributed by atoms with E-state index in [1.807, 2.05) is 20.8 Å². The first kappa shape index (κ1) is 16.4. The molecule has 0 amide bonds. The minimum atomic E-state index is -3.46. The SMILES string of the molecule is CCN(C(C)C)S(=O)(=O)c1ccc(Cl)c(CNC)c1. The third kappa shape index (κ3) is 3.69. The van der Waals surface area contributed by atoms with Gasteiger partial charge in [0.1, 0.15) is 0 Å². The van der Waals surface area contributed by atoms with Crippen LogP contribution in [0.5, 0.6) is 0 Å². The molecule has 0 atom stereocenters. The molecule has 1 aromatic carbocycles. The van der Waals surface area contributed by atoms with Crippen molar-refractivity contribution in [1.29, 1.82) is 0 Å². The highest BCUT2D eigenvalue weighted by Crippen LogP contribution is 2.23. The highest BCUT2D eigenvalue weighted by molar-refractivity contribution is 7.89. The van der Waals surface area contributed by atoms with Crippen LogP contribution in [0.2, 0.25) is 5.02 Å². The van der Waals surface area contributed by atoms with Crippen LogP contribution >= 0.6 is 11.6 Å². The Kier molecular flexibility index (Phi) is 5.80. The van der Waals surface area contributed by atoms with E-state index >= 15 is 0 Å². The van der Waals surface area contributed by atoms with E-state index in [-0.39, 0.29) is 10.9 Å². The summed E-state index contributed by atoms with van der Waals surface area (Å²) in [6.07, 6.45) is 0. The quantitative estimate of drug-likeness (QED) is 0.878. The van der Waals surface area contributed by atoms with Gasteiger partial charge in [0.2, 0.25) is 10.0 Å². The first-order chi connectivity index (χ1) is 8.84. The second-order valence-electron chi connectivity index (χ2n) is 4.59. The number of nitrogens with zero attached hydrogens (tertiary/aromatic N) is 1. The summed E-state index contributed by atoms with van der Waals surface area (Å²) in [6, 6.07) is 4.76. The minimum absolute atomic E-state index is 0.0709. The van der Waals surface area contributed by atoms with Gasteiger partial charge in [-0.1, -0.05) is 18.5 Å². The molecule has 1 aromatic rings. The normalized spacial score (nSPS) is 12.4. The number of hydrogen-bond donors (Lipinski definition) is 1. The van der Waals surface area contributed by atoms with Gasteiger partial charge in [-0.3, -0.25) is 0 Å². The van der Waals surface area contributed by atoms with E-state index in [0.717, 1.165) is 5.56 Å². The van der Waals surface area contributed by atoms with E-state index in [0.29, 0.717) is 18.1 Å². The molecule has 19 heavy (non-hydrogen) atoms. The number of halogens is 1. The van der Waals surface area contributed by atoms with Gasteiger partial charge in [0.05, 0.1) is 4.90 Å². The van der Waals surface area contributed by atoms with Crippen molar-refractivity contribution in [3.63, 3.8) is 0 Å². The Labute approximate surface area is 120 Å². The lowest BCUT2D eigenvalue weighted by Gasteiger charge is -2.24. The maximum absolute atomic E-state index is 12.5. The molecule has 0 aliphatic rings. The highest BCUT2D eigenvalue weighted by Gasteiger charge is 2.25. The van der Waals surface area contributed by atoms with Crippen molar-refractivity contribution in [2.75, 3.05) is 13.6 Å². The van der Waals surface area contributed by atoms with Crippen molar-refractivity contribution < 1.29 is 8.42 Å². The summed E-state index contributed by atoms with van der Waals surface area (Å²) in [6.45, 7) is 6.55. The van der Waals surface area contributed by atoms with Crippen molar-refractivity contribution in [3.8, 4) is 0 Å². The molecule has 0 aliphatic carbocycles. The van der Waals surface area contributed by atoms with Crippen LogP contribution in [0.25, 0.3) is 0 Å². The monoisotopic (exact) mass is 304 g/mol. The lowest BCUT2D eigenvalue weighted by molar-refractivity contribution is 0.369. The van der Waals surface area contributed by atoms with Crippen LogP contribution in [0.4, 0.5) is 0 Å². The average molecular weight is 305 g/mol. The van der Waals surface area contributed by atoms with Gasteiger partial charge in [0, 0.05) is 24.2 Å². The Morgan fingerprint density at radius 1 is 1.37 bits per heavy atom. The van der Waals surface area contributed by atoms with Crippen LogP contribution in [-0.2, 0) is 16.6 Å². The van der Waals surface area contributed by atoms with Crippen LogP contribution in [-0.4, -0.2) is 32.4 Å². The molecule has 1 N–H and O–H groups in total. The number of sulfonamides is 1. The molecule has 4 nitrogen and oxygen atoms in total. The highest BCUT2D eigenvalue weighted by atomic mass is 35.5. The summed E-state index contributed by atoms with van der Waals surface area (Å²) in [7, 11) is -1.67. The van der Waals surface area contributed by atoms with Crippen molar-refractivity contribution in [3.05, 3.63) is 28.8 Å².